The molecule has 7 aromatic rings. The second-order valence-electron chi connectivity index (χ2n) is 13.9. The summed E-state index contributed by atoms with van der Waals surface area (Å²) in [4.78, 5) is 29.7. The van der Waals surface area contributed by atoms with Crippen LogP contribution in [0, 0.1) is 17.9 Å². The molecule has 0 unspecified atom stereocenters. The van der Waals surface area contributed by atoms with Crippen LogP contribution < -0.4 is 9.80 Å². The zero-order valence-corrected chi connectivity index (χ0v) is 33.3. The summed E-state index contributed by atoms with van der Waals surface area (Å²) >= 11 is 0. The van der Waals surface area contributed by atoms with Gasteiger partial charge in [0.2, 0.25) is 0 Å². The van der Waals surface area contributed by atoms with Crippen molar-refractivity contribution in [1.82, 2.24) is 0 Å². The number of carboxylic acid groups (broad SMARTS) is 2. The maximum Gasteiger partial charge on any atom is 0.346 e. The summed E-state index contributed by atoms with van der Waals surface area (Å²) in [5.74, 6) is -2.51. The largest absolute Gasteiger partial charge is 0.486 e. The van der Waals surface area contributed by atoms with Crippen LogP contribution >= 0.6 is 0 Å². The molecule has 0 atom stereocenters. The van der Waals surface area contributed by atoms with E-state index in [9.17, 15) is 9.59 Å². The molecule has 0 saturated carbocycles. The minimum atomic E-state index is -1.26. The van der Waals surface area contributed by atoms with Gasteiger partial charge in [0.25, 0.3) is 5.70 Å². The highest BCUT2D eigenvalue weighted by Gasteiger charge is 2.15. The molecular formula is C54H38N4O4. The Hall–Kier alpha value is -8.98. The van der Waals surface area contributed by atoms with Crippen molar-refractivity contribution in [1.29, 1.82) is 5.26 Å². The lowest BCUT2D eigenvalue weighted by Gasteiger charge is -2.26. The average molecular weight is 807 g/mol. The summed E-state index contributed by atoms with van der Waals surface area (Å²) < 4.78 is 0. The molecule has 0 amide bonds. The normalized spacial score (nSPS) is 11.5. The first-order valence-electron chi connectivity index (χ1n) is 19.5. The smallest absolute Gasteiger partial charge is 0.346 e. The monoisotopic (exact) mass is 806 g/mol. The SMILES string of the molecule is [C-]#[N+]/C(=C\C=C\c1ccc(N(c2ccccc2)c2ccc(-c3ccc(-c4ccc(N(c5ccccc5)c5ccc(C=CC=C(C#N)C(=O)O)cc5)cc4)cc3)cc2)cc1)C(=O)O. The van der Waals surface area contributed by atoms with Gasteiger partial charge in [-0.05, 0) is 118 Å². The van der Waals surface area contributed by atoms with Crippen molar-refractivity contribution in [2.45, 2.75) is 0 Å². The lowest BCUT2D eigenvalue weighted by Crippen LogP contribution is -2.09. The molecule has 0 spiro atoms. The highest BCUT2D eigenvalue weighted by molar-refractivity contribution is 5.91. The zero-order valence-electron chi connectivity index (χ0n) is 33.3. The fraction of sp³-hybridized carbons (Fsp3) is 0. The van der Waals surface area contributed by atoms with E-state index in [2.05, 4.69) is 112 Å². The number of nitrogens with zero attached hydrogens (tertiary/aromatic N) is 4. The van der Waals surface area contributed by atoms with Crippen molar-refractivity contribution < 1.29 is 19.8 Å². The van der Waals surface area contributed by atoms with E-state index in [1.165, 1.54) is 12.2 Å². The van der Waals surface area contributed by atoms with Gasteiger partial charge in [-0.15, -0.1) is 0 Å². The Balaban J connectivity index is 1.08. The van der Waals surface area contributed by atoms with Crippen molar-refractivity contribution in [2.75, 3.05) is 9.80 Å². The third kappa shape index (κ3) is 9.99. The highest BCUT2D eigenvalue weighted by atomic mass is 16.4. The molecule has 0 radical (unpaired) electrons. The number of carboxylic acids is 2. The Kier molecular flexibility index (Phi) is 13.1. The first-order valence-corrected chi connectivity index (χ1v) is 19.5. The highest BCUT2D eigenvalue weighted by Crippen LogP contribution is 2.38. The first kappa shape index (κ1) is 41.2. The first-order chi connectivity index (χ1) is 30.3. The number of nitriles is 1. The Morgan fingerprint density at radius 1 is 0.468 bits per heavy atom. The molecule has 7 aromatic carbocycles. The maximum absolute atomic E-state index is 11.1. The second kappa shape index (κ2) is 19.6. The number of allylic oxidation sites excluding steroid dienone is 4. The Morgan fingerprint density at radius 3 is 1.11 bits per heavy atom. The number of benzene rings is 7. The zero-order chi connectivity index (χ0) is 43.3. The van der Waals surface area contributed by atoms with Crippen LogP contribution in [0.15, 0.2) is 218 Å². The fourth-order valence-corrected chi connectivity index (χ4v) is 6.80. The third-order valence-corrected chi connectivity index (χ3v) is 9.92. The van der Waals surface area contributed by atoms with Crippen molar-refractivity contribution >= 4 is 58.2 Å². The number of rotatable bonds is 14. The summed E-state index contributed by atoms with van der Waals surface area (Å²) in [5.41, 5.74) is 11.3. The van der Waals surface area contributed by atoms with Gasteiger partial charge in [0, 0.05) is 34.1 Å². The van der Waals surface area contributed by atoms with Gasteiger partial charge < -0.3 is 20.0 Å². The van der Waals surface area contributed by atoms with E-state index >= 15 is 0 Å². The summed E-state index contributed by atoms with van der Waals surface area (Å²) in [5, 5.41) is 27.2. The average Bonchev–Trinajstić information content (AvgIpc) is 3.31. The molecule has 0 aliphatic carbocycles. The number of carbonyl (C=O) groups is 2. The van der Waals surface area contributed by atoms with Crippen LogP contribution in [0.4, 0.5) is 34.1 Å². The predicted octanol–water partition coefficient (Wildman–Crippen LogP) is 13.4. The molecule has 8 heteroatoms. The minimum absolute atomic E-state index is 0.327. The van der Waals surface area contributed by atoms with Gasteiger partial charge in [-0.25, -0.2) is 9.64 Å². The molecule has 0 aliphatic rings. The van der Waals surface area contributed by atoms with E-state index in [-0.39, 0.29) is 11.3 Å². The number of aliphatic carboxylic acids is 2. The quantitative estimate of drug-likeness (QED) is 0.0487. The van der Waals surface area contributed by atoms with Crippen molar-refractivity contribution in [3.05, 3.63) is 240 Å². The van der Waals surface area contributed by atoms with E-state index < -0.39 is 11.9 Å². The van der Waals surface area contributed by atoms with Gasteiger partial charge in [-0.3, -0.25) is 4.79 Å². The van der Waals surface area contributed by atoms with E-state index in [4.69, 9.17) is 22.0 Å². The van der Waals surface area contributed by atoms with Crippen LogP contribution in [0.3, 0.4) is 0 Å². The van der Waals surface area contributed by atoms with Gasteiger partial charge in [-0.2, -0.15) is 5.26 Å². The number of anilines is 6. The summed E-state index contributed by atoms with van der Waals surface area (Å²) in [6.07, 6.45) is 9.24. The van der Waals surface area contributed by atoms with Gasteiger partial charge in [0.05, 0.1) is 6.57 Å². The molecule has 0 saturated heterocycles. The maximum atomic E-state index is 11.1. The summed E-state index contributed by atoms with van der Waals surface area (Å²) in [7, 11) is 0. The molecule has 0 bridgehead atoms. The number of hydrogen-bond donors (Lipinski definition) is 2. The van der Waals surface area contributed by atoms with Gasteiger partial charge in [0.15, 0.2) is 0 Å². The van der Waals surface area contributed by atoms with Crippen LogP contribution in [-0.4, -0.2) is 22.2 Å². The molecule has 7 rings (SSSR count). The van der Waals surface area contributed by atoms with Crippen molar-refractivity contribution in [2.24, 2.45) is 0 Å². The fourth-order valence-electron chi connectivity index (χ4n) is 6.80. The Bertz CT molecular complexity index is 2670. The summed E-state index contributed by atoms with van der Waals surface area (Å²) in [6, 6.07) is 63.2. The lowest BCUT2D eigenvalue weighted by atomic mass is 9.99. The van der Waals surface area contributed by atoms with Gasteiger partial charge in [0.1, 0.15) is 11.6 Å². The molecule has 0 fully saturated rings. The van der Waals surface area contributed by atoms with E-state index in [1.807, 2.05) is 84.9 Å². The van der Waals surface area contributed by atoms with Gasteiger partial charge >= 0.3 is 11.9 Å². The third-order valence-electron chi connectivity index (χ3n) is 9.92. The lowest BCUT2D eigenvalue weighted by molar-refractivity contribution is -0.133. The standard InChI is InChI=1S/C54H38N4O4/c1-56-52(54(61)62)17-9-11-40-20-32-49(33-21-40)58(47-15-6-3-7-16-47)51-36-28-44(29-37-51)42-24-22-41(23-25-42)43-26-34-50(35-27-43)57(46-13-4-2-5-14-46)48-30-18-39(19-31-48)10-8-12-45(38-55)53(59)60/h2-37H,(H,59,60)(H,61,62)/b10-8?,11-9+,45-12?,52-17-. The molecule has 2 N–H and O–H groups in total. The minimum Gasteiger partial charge on any atom is -0.486 e. The Morgan fingerprint density at radius 2 is 0.790 bits per heavy atom. The van der Waals surface area contributed by atoms with Crippen molar-refractivity contribution in [3.8, 4) is 28.3 Å². The van der Waals surface area contributed by atoms with Crippen LogP contribution in [0.1, 0.15) is 11.1 Å². The predicted molar refractivity (Wildman–Crippen MR) is 248 cm³/mol. The van der Waals surface area contributed by atoms with E-state index in [0.717, 1.165) is 67.5 Å². The molecular weight excluding hydrogens is 769 g/mol. The van der Waals surface area contributed by atoms with Crippen LogP contribution in [0.5, 0.6) is 0 Å². The second-order valence-corrected chi connectivity index (χ2v) is 13.9. The molecule has 0 aromatic heterocycles. The number of hydrogen-bond acceptors (Lipinski definition) is 5. The Labute approximate surface area is 360 Å². The van der Waals surface area contributed by atoms with Gasteiger partial charge in [-0.1, -0.05) is 133 Å². The van der Waals surface area contributed by atoms with E-state index in [1.54, 1.807) is 30.4 Å². The molecule has 0 aliphatic heterocycles. The molecule has 62 heavy (non-hydrogen) atoms. The molecule has 8 nitrogen and oxygen atoms in total. The van der Waals surface area contributed by atoms with Crippen molar-refractivity contribution in [3.63, 3.8) is 0 Å². The molecule has 298 valence electrons. The number of para-hydroxylation sites is 2. The van der Waals surface area contributed by atoms with Crippen LogP contribution in [-0.2, 0) is 9.59 Å². The summed E-state index contributed by atoms with van der Waals surface area (Å²) in [6.45, 7) is 7.03. The molecule has 0 heterocycles. The van der Waals surface area contributed by atoms with Crippen LogP contribution in [0.2, 0.25) is 0 Å². The van der Waals surface area contributed by atoms with E-state index in [0.29, 0.717) is 0 Å². The van der Waals surface area contributed by atoms with Crippen LogP contribution in [0.25, 0.3) is 39.3 Å². The topological polar surface area (TPSA) is 109 Å².